The number of carbonyl (C=O) groups is 1. The SMILES string of the molecule is CCCNC(=O)N1CCC(O)CC1. The summed E-state index contributed by atoms with van der Waals surface area (Å²) >= 11 is 0. The van der Waals surface area contributed by atoms with E-state index in [-0.39, 0.29) is 12.1 Å². The van der Waals surface area contributed by atoms with E-state index in [1.54, 1.807) is 4.90 Å². The number of hydrogen-bond donors (Lipinski definition) is 2. The molecule has 1 fully saturated rings. The summed E-state index contributed by atoms with van der Waals surface area (Å²) in [6, 6.07) is 0.00810. The standard InChI is InChI=1S/C9H18N2O2/c1-2-5-10-9(13)11-6-3-8(12)4-7-11/h8,12H,2-7H2,1H3,(H,10,13). The molecular formula is C9H18N2O2. The molecule has 1 aliphatic heterocycles. The first kappa shape index (κ1) is 10.3. The van der Waals surface area contributed by atoms with Crippen LogP contribution in [-0.2, 0) is 0 Å². The van der Waals surface area contributed by atoms with Crippen LogP contribution in [0, 0.1) is 0 Å². The number of nitrogens with zero attached hydrogens (tertiary/aromatic N) is 1. The number of carbonyl (C=O) groups excluding carboxylic acids is 1. The maximum atomic E-state index is 11.4. The molecule has 0 spiro atoms. The minimum Gasteiger partial charge on any atom is -0.393 e. The van der Waals surface area contributed by atoms with Crippen LogP contribution < -0.4 is 5.32 Å². The third kappa shape index (κ3) is 3.22. The maximum Gasteiger partial charge on any atom is 0.317 e. The van der Waals surface area contributed by atoms with Crippen LogP contribution in [0.2, 0.25) is 0 Å². The summed E-state index contributed by atoms with van der Waals surface area (Å²) in [6.45, 7) is 4.12. The molecule has 0 unspecified atom stereocenters. The molecule has 0 aromatic carbocycles. The Morgan fingerprint density at radius 2 is 2.15 bits per heavy atom. The van der Waals surface area contributed by atoms with Gasteiger partial charge in [0.1, 0.15) is 0 Å². The van der Waals surface area contributed by atoms with Gasteiger partial charge in [-0.25, -0.2) is 4.79 Å². The highest BCUT2D eigenvalue weighted by Crippen LogP contribution is 2.09. The molecule has 4 nitrogen and oxygen atoms in total. The molecule has 1 rings (SSSR count). The molecule has 0 saturated carbocycles. The summed E-state index contributed by atoms with van der Waals surface area (Å²) in [5.74, 6) is 0. The third-order valence-corrected chi connectivity index (χ3v) is 2.28. The molecule has 0 bridgehead atoms. The van der Waals surface area contributed by atoms with Crippen LogP contribution in [0.5, 0.6) is 0 Å². The van der Waals surface area contributed by atoms with Crippen molar-refractivity contribution in [2.75, 3.05) is 19.6 Å². The number of aliphatic hydroxyl groups is 1. The Hall–Kier alpha value is -0.770. The van der Waals surface area contributed by atoms with Gasteiger partial charge >= 0.3 is 6.03 Å². The molecule has 1 aliphatic rings. The Morgan fingerprint density at radius 1 is 1.54 bits per heavy atom. The molecular weight excluding hydrogens is 168 g/mol. The number of aliphatic hydroxyl groups excluding tert-OH is 1. The zero-order chi connectivity index (χ0) is 9.68. The first-order valence-corrected chi connectivity index (χ1v) is 4.95. The fraction of sp³-hybridized carbons (Fsp3) is 0.889. The highest BCUT2D eigenvalue weighted by atomic mass is 16.3. The number of amides is 2. The molecule has 0 atom stereocenters. The predicted octanol–water partition coefficient (Wildman–Crippen LogP) is 0.563. The van der Waals surface area contributed by atoms with Gasteiger partial charge in [0.2, 0.25) is 0 Å². The molecule has 76 valence electrons. The molecule has 0 radical (unpaired) electrons. The summed E-state index contributed by atoms with van der Waals surface area (Å²) in [6.07, 6.45) is 2.16. The van der Waals surface area contributed by atoms with Gasteiger partial charge in [-0.3, -0.25) is 0 Å². The fourth-order valence-corrected chi connectivity index (χ4v) is 1.41. The van der Waals surface area contributed by atoms with Gasteiger partial charge in [-0.2, -0.15) is 0 Å². The zero-order valence-electron chi connectivity index (χ0n) is 8.12. The molecule has 0 aromatic rings. The highest BCUT2D eigenvalue weighted by molar-refractivity contribution is 5.74. The lowest BCUT2D eigenvalue weighted by molar-refractivity contribution is 0.0937. The molecule has 2 N–H and O–H groups in total. The number of rotatable bonds is 2. The Balaban J connectivity index is 2.23. The van der Waals surface area contributed by atoms with Gasteiger partial charge in [-0.05, 0) is 19.3 Å². The van der Waals surface area contributed by atoms with Gasteiger partial charge < -0.3 is 15.3 Å². The lowest BCUT2D eigenvalue weighted by Crippen LogP contribution is -2.45. The predicted molar refractivity (Wildman–Crippen MR) is 50.5 cm³/mol. The second-order valence-corrected chi connectivity index (χ2v) is 3.45. The van der Waals surface area contributed by atoms with Crippen LogP contribution >= 0.6 is 0 Å². The summed E-state index contributed by atoms with van der Waals surface area (Å²) < 4.78 is 0. The lowest BCUT2D eigenvalue weighted by Gasteiger charge is -2.29. The van der Waals surface area contributed by atoms with Gasteiger partial charge in [0.15, 0.2) is 0 Å². The Morgan fingerprint density at radius 3 is 2.69 bits per heavy atom. The second-order valence-electron chi connectivity index (χ2n) is 3.45. The van der Waals surface area contributed by atoms with E-state index in [4.69, 9.17) is 0 Å². The number of piperidine rings is 1. The number of hydrogen-bond acceptors (Lipinski definition) is 2. The van der Waals surface area contributed by atoms with Crippen molar-refractivity contribution < 1.29 is 9.90 Å². The molecule has 2 amide bonds. The normalized spacial score (nSPS) is 18.8. The minimum absolute atomic E-state index is 0.00810. The van der Waals surface area contributed by atoms with E-state index in [0.29, 0.717) is 25.9 Å². The van der Waals surface area contributed by atoms with E-state index in [1.807, 2.05) is 6.92 Å². The van der Waals surface area contributed by atoms with Gasteiger partial charge in [0.25, 0.3) is 0 Å². The topological polar surface area (TPSA) is 52.6 Å². The van der Waals surface area contributed by atoms with Crippen molar-refractivity contribution >= 4 is 6.03 Å². The third-order valence-electron chi connectivity index (χ3n) is 2.28. The van der Waals surface area contributed by atoms with Crippen LogP contribution in [0.4, 0.5) is 4.79 Å². The largest absolute Gasteiger partial charge is 0.393 e. The zero-order valence-corrected chi connectivity index (χ0v) is 8.12. The van der Waals surface area contributed by atoms with Crippen molar-refractivity contribution in [2.24, 2.45) is 0 Å². The fourth-order valence-electron chi connectivity index (χ4n) is 1.41. The van der Waals surface area contributed by atoms with E-state index < -0.39 is 0 Å². The van der Waals surface area contributed by atoms with Crippen LogP contribution in [0.3, 0.4) is 0 Å². The van der Waals surface area contributed by atoms with E-state index in [9.17, 15) is 9.90 Å². The van der Waals surface area contributed by atoms with Crippen molar-refractivity contribution in [2.45, 2.75) is 32.3 Å². The van der Waals surface area contributed by atoms with Crippen LogP contribution in [0.25, 0.3) is 0 Å². The van der Waals surface area contributed by atoms with Crippen LogP contribution in [0.15, 0.2) is 0 Å². The number of nitrogens with one attached hydrogen (secondary N) is 1. The summed E-state index contributed by atoms with van der Waals surface area (Å²) in [4.78, 5) is 13.2. The minimum atomic E-state index is -0.213. The van der Waals surface area contributed by atoms with E-state index in [0.717, 1.165) is 13.0 Å². The summed E-state index contributed by atoms with van der Waals surface area (Å²) in [5, 5.41) is 12.0. The van der Waals surface area contributed by atoms with Crippen LogP contribution in [-0.4, -0.2) is 41.8 Å². The molecule has 13 heavy (non-hydrogen) atoms. The second kappa shape index (κ2) is 5.07. The van der Waals surface area contributed by atoms with E-state index in [2.05, 4.69) is 5.32 Å². The van der Waals surface area contributed by atoms with E-state index >= 15 is 0 Å². The average Bonchev–Trinajstić information content (AvgIpc) is 2.15. The van der Waals surface area contributed by atoms with Crippen molar-refractivity contribution in [1.82, 2.24) is 10.2 Å². The monoisotopic (exact) mass is 186 g/mol. The first-order chi connectivity index (χ1) is 6.24. The van der Waals surface area contributed by atoms with Crippen molar-refractivity contribution in [3.63, 3.8) is 0 Å². The average molecular weight is 186 g/mol. The quantitative estimate of drug-likeness (QED) is 0.662. The smallest absolute Gasteiger partial charge is 0.317 e. The molecule has 1 saturated heterocycles. The van der Waals surface area contributed by atoms with Crippen molar-refractivity contribution in [1.29, 1.82) is 0 Å². The maximum absolute atomic E-state index is 11.4. The van der Waals surface area contributed by atoms with E-state index in [1.165, 1.54) is 0 Å². The number of likely N-dealkylation sites (tertiary alicyclic amines) is 1. The van der Waals surface area contributed by atoms with Crippen molar-refractivity contribution in [3.05, 3.63) is 0 Å². The number of urea groups is 1. The Bertz CT molecular complexity index is 165. The Kier molecular flexibility index (Phi) is 4.02. The summed E-state index contributed by atoms with van der Waals surface area (Å²) in [5.41, 5.74) is 0. The molecule has 0 aliphatic carbocycles. The first-order valence-electron chi connectivity index (χ1n) is 4.95. The lowest BCUT2D eigenvalue weighted by atomic mass is 10.1. The summed E-state index contributed by atoms with van der Waals surface area (Å²) in [7, 11) is 0. The van der Waals surface area contributed by atoms with Crippen molar-refractivity contribution in [3.8, 4) is 0 Å². The van der Waals surface area contributed by atoms with Gasteiger partial charge in [-0.15, -0.1) is 0 Å². The Labute approximate surface area is 78.9 Å². The highest BCUT2D eigenvalue weighted by Gasteiger charge is 2.20. The van der Waals surface area contributed by atoms with Crippen LogP contribution in [0.1, 0.15) is 26.2 Å². The van der Waals surface area contributed by atoms with Gasteiger partial charge in [0, 0.05) is 19.6 Å². The van der Waals surface area contributed by atoms with Gasteiger partial charge in [-0.1, -0.05) is 6.92 Å². The molecule has 0 aromatic heterocycles. The van der Waals surface area contributed by atoms with Gasteiger partial charge in [0.05, 0.1) is 6.10 Å². The molecule has 4 heteroatoms. The molecule has 1 heterocycles.